The second-order valence-electron chi connectivity index (χ2n) is 6.71. The molecule has 0 aromatic heterocycles. The van der Waals surface area contributed by atoms with Crippen LogP contribution in [0.15, 0.2) is 28.7 Å². The third kappa shape index (κ3) is 3.49. The minimum absolute atomic E-state index is 0.0368. The lowest BCUT2D eigenvalue weighted by Gasteiger charge is -2.46. The zero-order chi connectivity index (χ0) is 15.6. The fourth-order valence-electron chi connectivity index (χ4n) is 3.27. The Morgan fingerprint density at radius 3 is 2.71 bits per heavy atom. The summed E-state index contributed by atoms with van der Waals surface area (Å²) in [7, 11) is 0. The maximum absolute atomic E-state index is 12.6. The number of rotatable bonds is 3. The molecule has 0 heterocycles. The van der Waals surface area contributed by atoms with Crippen LogP contribution in [0.2, 0.25) is 0 Å². The fraction of sp³-hybridized carbons (Fsp3) is 0.588. The number of benzene rings is 1. The molecule has 116 valence electrons. The lowest BCUT2D eigenvalue weighted by Crippen LogP contribution is -2.51. The number of halogens is 1. The van der Waals surface area contributed by atoms with Crippen molar-refractivity contribution in [2.24, 2.45) is 23.0 Å². The molecule has 0 radical (unpaired) electrons. The van der Waals surface area contributed by atoms with E-state index >= 15 is 0 Å². The van der Waals surface area contributed by atoms with Crippen LogP contribution in [-0.2, 0) is 11.3 Å². The van der Waals surface area contributed by atoms with Crippen LogP contribution in [0.25, 0.3) is 0 Å². The Bertz CT molecular complexity index is 515. The average molecular weight is 353 g/mol. The second-order valence-corrected chi connectivity index (χ2v) is 7.57. The molecular weight excluding hydrogens is 328 g/mol. The summed E-state index contributed by atoms with van der Waals surface area (Å²) < 4.78 is 1.03. The minimum atomic E-state index is -0.0599. The normalized spacial score (nSPS) is 28.1. The van der Waals surface area contributed by atoms with Crippen LogP contribution in [0.1, 0.15) is 39.2 Å². The Morgan fingerprint density at radius 2 is 2.05 bits per heavy atom. The summed E-state index contributed by atoms with van der Waals surface area (Å²) in [6.45, 7) is 7.06. The van der Waals surface area contributed by atoms with Crippen molar-refractivity contribution >= 4 is 21.8 Å². The molecule has 1 fully saturated rings. The monoisotopic (exact) mass is 352 g/mol. The highest BCUT2D eigenvalue weighted by Gasteiger charge is 2.44. The molecule has 1 saturated carbocycles. The molecule has 3 N–H and O–H groups in total. The number of carbonyl (C=O) groups excluding carboxylic acids is 1. The Kier molecular flexibility index (Phi) is 5.10. The summed E-state index contributed by atoms with van der Waals surface area (Å²) in [5.41, 5.74) is 7.20. The average Bonchev–Trinajstić information content (AvgIpc) is 2.44. The first-order valence-corrected chi connectivity index (χ1v) is 8.40. The Hall–Kier alpha value is -0.870. The van der Waals surface area contributed by atoms with Crippen molar-refractivity contribution in [2.75, 3.05) is 0 Å². The number of amides is 1. The predicted octanol–water partition coefficient (Wildman–Crippen LogP) is 3.46. The number of nitrogens with two attached hydrogens (primary N) is 1. The number of hydrogen-bond donors (Lipinski definition) is 2. The molecule has 3 nitrogen and oxygen atoms in total. The van der Waals surface area contributed by atoms with Crippen molar-refractivity contribution in [3.8, 4) is 0 Å². The van der Waals surface area contributed by atoms with Crippen LogP contribution in [0, 0.1) is 17.3 Å². The van der Waals surface area contributed by atoms with E-state index in [0.717, 1.165) is 22.9 Å². The fourth-order valence-corrected chi connectivity index (χ4v) is 3.69. The molecule has 3 unspecified atom stereocenters. The SMILES string of the molecule is CC1C(N)CCC(C(=O)NCc2ccccc2Br)C1(C)C. The predicted molar refractivity (Wildman–Crippen MR) is 89.6 cm³/mol. The molecule has 0 bridgehead atoms. The van der Waals surface area contributed by atoms with Gasteiger partial charge >= 0.3 is 0 Å². The highest BCUT2D eigenvalue weighted by molar-refractivity contribution is 9.10. The molecular formula is C17H25BrN2O. The maximum atomic E-state index is 12.6. The number of hydrogen-bond acceptors (Lipinski definition) is 2. The minimum Gasteiger partial charge on any atom is -0.352 e. The first-order chi connectivity index (χ1) is 9.84. The zero-order valence-electron chi connectivity index (χ0n) is 13.0. The van der Waals surface area contributed by atoms with Gasteiger partial charge in [0.1, 0.15) is 0 Å². The first-order valence-electron chi connectivity index (χ1n) is 7.60. The quantitative estimate of drug-likeness (QED) is 0.874. The summed E-state index contributed by atoms with van der Waals surface area (Å²) in [5, 5.41) is 3.09. The summed E-state index contributed by atoms with van der Waals surface area (Å²) in [6, 6.07) is 8.18. The second kappa shape index (κ2) is 6.49. The molecule has 0 spiro atoms. The van der Waals surface area contributed by atoms with Crippen molar-refractivity contribution in [3.05, 3.63) is 34.3 Å². The van der Waals surface area contributed by atoms with Crippen LogP contribution in [0.4, 0.5) is 0 Å². The van der Waals surface area contributed by atoms with Gasteiger partial charge in [0.05, 0.1) is 0 Å². The molecule has 21 heavy (non-hydrogen) atoms. The lowest BCUT2D eigenvalue weighted by atomic mass is 9.61. The molecule has 1 aromatic carbocycles. The van der Waals surface area contributed by atoms with E-state index < -0.39 is 0 Å². The van der Waals surface area contributed by atoms with E-state index in [-0.39, 0.29) is 23.3 Å². The molecule has 1 aliphatic carbocycles. The molecule has 1 amide bonds. The van der Waals surface area contributed by atoms with Crippen LogP contribution in [0.3, 0.4) is 0 Å². The van der Waals surface area contributed by atoms with Crippen molar-refractivity contribution < 1.29 is 4.79 Å². The van der Waals surface area contributed by atoms with Crippen molar-refractivity contribution in [2.45, 2.75) is 46.2 Å². The van der Waals surface area contributed by atoms with Gasteiger partial charge in [-0.05, 0) is 35.8 Å². The topological polar surface area (TPSA) is 55.1 Å². The van der Waals surface area contributed by atoms with E-state index in [1.165, 1.54) is 0 Å². The van der Waals surface area contributed by atoms with Crippen molar-refractivity contribution in [3.63, 3.8) is 0 Å². The number of nitrogens with one attached hydrogen (secondary N) is 1. The van der Waals surface area contributed by atoms with Gasteiger partial charge in [-0.1, -0.05) is 54.9 Å². The molecule has 3 atom stereocenters. The lowest BCUT2D eigenvalue weighted by molar-refractivity contribution is -0.132. The molecule has 4 heteroatoms. The van der Waals surface area contributed by atoms with Gasteiger partial charge in [-0.2, -0.15) is 0 Å². The largest absolute Gasteiger partial charge is 0.352 e. The molecule has 2 rings (SSSR count). The zero-order valence-corrected chi connectivity index (χ0v) is 14.6. The van der Waals surface area contributed by atoms with Gasteiger partial charge in [0.2, 0.25) is 5.91 Å². The first kappa shape index (κ1) is 16.5. The summed E-state index contributed by atoms with van der Waals surface area (Å²) in [5.74, 6) is 0.537. The third-order valence-corrected chi connectivity index (χ3v) is 6.00. The van der Waals surface area contributed by atoms with Crippen LogP contribution in [-0.4, -0.2) is 11.9 Å². The van der Waals surface area contributed by atoms with E-state index in [1.807, 2.05) is 24.3 Å². The van der Waals surface area contributed by atoms with E-state index in [2.05, 4.69) is 42.0 Å². The van der Waals surface area contributed by atoms with Gasteiger partial charge in [-0.15, -0.1) is 0 Å². The highest BCUT2D eigenvalue weighted by Crippen LogP contribution is 2.44. The maximum Gasteiger partial charge on any atom is 0.223 e. The standard InChI is InChI=1S/C17H25BrN2O/c1-11-15(19)9-8-13(17(11,2)3)16(21)20-10-12-6-4-5-7-14(12)18/h4-7,11,13,15H,8-10,19H2,1-3H3,(H,20,21). The van der Waals surface area contributed by atoms with Gasteiger partial charge in [-0.25, -0.2) is 0 Å². The van der Waals surface area contributed by atoms with Gasteiger partial charge in [-0.3, -0.25) is 4.79 Å². The van der Waals surface area contributed by atoms with Crippen molar-refractivity contribution in [1.82, 2.24) is 5.32 Å². The summed E-state index contributed by atoms with van der Waals surface area (Å²) >= 11 is 3.51. The molecule has 1 aromatic rings. The van der Waals surface area contributed by atoms with Crippen LogP contribution in [0.5, 0.6) is 0 Å². The molecule has 0 saturated heterocycles. The van der Waals surface area contributed by atoms with Gasteiger partial charge < -0.3 is 11.1 Å². The Labute approximate surface area is 135 Å². The van der Waals surface area contributed by atoms with Gasteiger partial charge in [0, 0.05) is 23.0 Å². The van der Waals surface area contributed by atoms with E-state index in [9.17, 15) is 4.79 Å². The Balaban J connectivity index is 2.02. The van der Waals surface area contributed by atoms with Crippen molar-refractivity contribution in [1.29, 1.82) is 0 Å². The summed E-state index contributed by atoms with van der Waals surface area (Å²) in [4.78, 5) is 12.6. The van der Waals surface area contributed by atoms with E-state index in [4.69, 9.17) is 5.73 Å². The highest BCUT2D eigenvalue weighted by atomic mass is 79.9. The van der Waals surface area contributed by atoms with Gasteiger partial charge in [0.15, 0.2) is 0 Å². The van der Waals surface area contributed by atoms with Gasteiger partial charge in [0.25, 0.3) is 0 Å². The summed E-state index contributed by atoms with van der Waals surface area (Å²) in [6.07, 6.45) is 1.80. The molecule has 0 aliphatic heterocycles. The van der Waals surface area contributed by atoms with Crippen LogP contribution < -0.4 is 11.1 Å². The third-order valence-electron chi connectivity index (χ3n) is 5.23. The van der Waals surface area contributed by atoms with E-state index in [1.54, 1.807) is 0 Å². The Morgan fingerprint density at radius 1 is 1.38 bits per heavy atom. The molecule has 1 aliphatic rings. The van der Waals surface area contributed by atoms with Crippen LogP contribution >= 0.6 is 15.9 Å². The number of carbonyl (C=O) groups is 1. The van der Waals surface area contributed by atoms with E-state index in [0.29, 0.717) is 12.5 Å². The smallest absolute Gasteiger partial charge is 0.223 e.